The highest BCUT2D eigenvalue weighted by Crippen LogP contribution is 2.30. The minimum atomic E-state index is -0.741. The maximum absolute atomic E-state index is 11.0. The highest BCUT2D eigenvalue weighted by Gasteiger charge is 2.27. The Bertz CT molecular complexity index is 398. The molecule has 19 heavy (non-hydrogen) atoms. The van der Waals surface area contributed by atoms with Crippen LogP contribution >= 0.6 is 0 Å². The first kappa shape index (κ1) is 15.7. The normalized spacial score (nSPS) is 16.1. The maximum Gasteiger partial charge on any atom is 0.303 e. The van der Waals surface area contributed by atoms with E-state index in [4.69, 9.17) is 10.8 Å². The van der Waals surface area contributed by atoms with Crippen molar-refractivity contribution in [1.82, 2.24) is 0 Å². The molecule has 2 atom stereocenters. The topological polar surface area (TPSA) is 63.3 Å². The molecule has 0 saturated carbocycles. The predicted molar refractivity (Wildman–Crippen MR) is 77.8 cm³/mol. The van der Waals surface area contributed by atoms with Gasteiger partial charge in [0.05, 0.1) is 0 Å². The van der Waals surface area contributed by atoms with Crippen LogP contribution in [0.5, 0.6) is 0 Å². The number of hydrogen-bond donors (Lipinski definition) is 2. The van der Waals surface area contributed by atoms with E-state index < -0.39 is 11.5 Å². The van der Waals surface area contributed by atoms with Crippen molar-refractivity contribution in [2.45, 2.75) is 45.6 Å². The van der Waals surface area contributed by atoms with Crippen LogP contribution in [0.15, 0.2) is 30.3 Å². The van der Waals surface area contributed by atoms with E-state index in [9.17, 15) is 4.79 Å². The van der Waals surface area contributed by atoms with Crippen LogP contribution in [0.2, 0.25) is 0 Å². The highest BCUT2D eigenvalue weighted by atomic mass is 16.4. The first-order valence-corrected chi connectivity index (χ1v) is 6.87. The zero-order valence-electron chi connectivity index (χ0n) is 12.1. The summed E-state index contributed by atoms with van der Waals surface area (Å²) in [6, 6.07) is 9.91. The Hall–Kier alpha value is -1.35. The fourth-order valence-electron chi connectivity index (χ4n) is 2.69. The average Bonchev–Trinajstić information content (AvgIpc) is 2.27. The SMILES string of the molecule is CC(C)CC(CC(=O)O)CC(C)(N)c1ccccc1. The number of rotatable bonds is 7. The van der Waals surface area contributed by atoms with Crippen LogP contribution in [0, 0.1) is 11.8 Å². The summed E-state index contributed by atoms with van der Waals surface area (Å²) in [6.45, 7) is 6.22. The van der Waals surface area contributed by atoms with E-state index >= 15 is 0 Å². The largest absolute Gasteiger partial charge is 0.481 e. The van der Waals surface area contributed by atoms with Gasteiger partial charge >= 0.3 is 5.97 Å². The van der Waals surface area contributed by atoms with Crippen molar-refractivity contribution in [3.8, 4) is 0 Å². The van der Waals surface area contributed by atoms with Crippen LogP contribution in [-0.2, 0) is 10.3 Å². The van der Waals surface area contributed by atoms with Gasteiger partial charge in [-0.25, -0.2) is 0 Å². The molecule has 0 radical (unpaired) electrons. The molecule has 0 bridgehead atoms. The van der Waals surface area contributed by atoms with Gasteiger partial charge in [-0.2, -0.15) is 0 Å². The van der Waals surface area contributed by atoms with E-state index in [-0.39, 0.29) is 12.3 Å². The minimum Gasteiger partial charge on any atom is -0.481 e. The van der Waals surface area contributed by atoms with Crippen LogP contribution in [0.1, 0.15) is 45.6 Å². The van der Waals surface area contributed by atoms with Gasteiger partial charge in [-0.05, 0) is 37.2 Å². The molecule has 2 unspecified atom stereocenters. The molecule has 3 nitrogen and oxygen atoms in total. The summed E-state index contributed by atoms with van der Waals surface area (Å²) in [7, 11) is 0. The Balaban J connectivity index is 2.79. The van der Waals surface area contributed by atoms with Crippen molar-refractivity contribution in [3.63, 3.8) is 0 Å². The summed E-state index contributed by atoms with van der Waals surface area (Å²) in [5.74, 6) is -0.141. The summed E-state index contributed by atoms with van der Waals surface area (Å²) in [4.78, 5) is 11.0. The Morgan fingerprint density at radius 2 is 1.89 bits per heavy atom. The summed E-state index contributed by atoms with van der Waals surface area (Å²) < 4.78 is 0. The summed E-state index contributed by atoms with van der Waals surface area (Å²) in [5, 5.41) is 9.02. The Morgan fingerprint density at radius 3 is 2.37 bits per heavy atom. The Morgan fingerprint density at radius 1 is 1.32 bits per heavy atom. The molecule has 0 aliphatic heterocycles. The van der Waals surface area contributed by atoms with E-state index in [0.29, 0.717) is 12.3 Å². The zero-order valence-corrected chi connectivity index (χ0v) is 12.1. The minimum absolute atomic E-state index is 0.118. The van der Waals surface area contributed by atoms with Gasteiger partial charge in [0.1, 0.15) is 0 Å². The lowest BCUT2D eigenvalue weighted by Gasteiger charge is -2.30. The third-order valence-electron chi connectivity index (χ3n) is 3.41. The number of carboxylic acids is 1. The molecule has 1 aromatic rings. The van der Waals surface area contributed by atoms with Gasteiger partial charge in [0, 0.05) is 12.0 Å². The third-order valence-corrected chi connectivity index (χ3v) is 3.41. The third kappa shape index (κ3) is 5.43. The molecule has 0 aliphatic rings. The number of benzene rings is 1. The molecule has 0 heterocycles. The van der Waals surface area contributed by atoms with Gasteiger partial charge in [-0.15, -0.1) is 0 Å². The molecule has 0 aromatic heterocycles. The average molecular weight is 263 g/mol. The lowest BCUT2D eigenvalue weighted by Crippen LogP contribution is -2.36. The van der Waals surface area contributed by atoms with Crippen LogP contribution in [-0.4, -0.2) is 11.1 Å². The van der Waals surface area contributed by atoms with Crippen molar-refractivity contribution in [1.29, 1.82) is 0 Å². The van der Waals surface area contributed by atoms with Gasteiger partial charge in [0.15, 0.2) is 0 Å². The monoisotopic (exact) mass is 263 g/mol. The summed E-state index contributed by atoms with van der Waals surface area (Å²) in [6.07, 6.45) is 1.78. The molecule has 0 saturated heterocycles. The van der Waals surface area contributed by atoms with E-state index in [1.807, 2.05) is 37.3 Å². The number of nitrogens with two attached hydrogens (primary N) is 1. The van der Waals surface area contributed by atoms with Gasteiger partial charge < -0.3 is 10.8 Å². The van der Waals surface area contributed by atoms with Gasteiger partial charge in [0.2, 0.25) is 0 Å². The molecular weight excluding hydrogens is 238 g/mol. The van der Waals surface area contributed by atoms with Crippen molar-refractivity contribution >= 4 is 5.97 Å². The van der Waals surface area contributed by atoms with Crippen LogP contribution < -0.4 is 5.73 Å². The zero-order chi connectivity index (χ0) is 14.5. The molecule has 3 heteroatoms. The van der Waals surface area contributed by atoms with E-state index in [1.54, 1.807) is 0 Å². The molecule has 0 fully saturated rings. The van der Waals surface area contributed by atoms with Crippen molar-refractivity contribution in [2.75, 3.05) is 0 Å². The molecule has 0 amide bonds. The lowest BCUT2D eigenvalue weighted by molar-refractivity contribution is -0.138. The lowest BCUT2D eigenvalue weighted by atomic mass is 9.79. The predicted octanol–water partition coefficient (Wildman–Crippen LogP) is 3.39. The Labute approximate surface area is 115 Å². The Kier molecular flexibility index (Phi) is 5.55. The second-order valence-electron chi connectivity index (χ2n) is 6.08. The van der Waals surface area contributed by atoms with Crippen molar-refractivity contribution in [3.05, 3.63) is 35.9 Å². The number of carboxylic acid groups (broad SMARTS) is 1. The van der Waals surface area contributed by atoms with Crippen LogP contribution in [0.4, 0.5) is 0 Å². The summed E-state index contributed by atoms with van der Waals surface area (Å²) in [5.41, 5.74) is 6.99. The van der Waals surface area contributed by atoms with Gasteiger partial charge in [0.25, 0.3) is 0 Å². The molecule has 0 aliphatic carbocycles. The summed E-state index contributed by atoms with van der Waals surface area (Å²) >= 11 is 0. The second-order valence-corrected chi connectivity index (χ2v) is 6.08. The molecule has 106 valence electrons. The molecule has 1 rings (SSSR count). The van der Waals surface area contributed by atoms with Gasteiger partial charge in [-0.1, -0.05) is 44.2 Å². The highest BCUT2D eigenvalue weighted by molar-refractivity contribution is 5.67. The van der Waals surface area contributed by atoms with E-state index in [1.165, 1.54) is 0 Å². The molecule has 1 aromatic carbocycles. The van der Waals surface area contributed by atoms with Crippen molar-refractivity contribution in [2.24, 2.45) is 17.6 Å². The number of carbonyl (C=O) groups is 1. The maximum atomic E-state index is 11.0. The quantitative estimate of drug-likeness (QED) is 0.792. The smallest absolute Gasteiger partial charge is 0.303 e. The first-order chi connectivity index (χ1) is 8.81. The van der Waals surface area contributed by atoms with Crippen molar-refractivity contribution < 1.29 is 9.90 Å². The standard InChI is InChI=1S/C16H25NO2/c1-12(2)9-13(10-15(18)19)11-16(3,17)14-7-5-4-6-8-14/h4-8,12-13H,9-11,17H2,1-3H3,(H,18,19). The van der Waals surface area contributed by atoms with Crippen LogP contribution in [0.3, 0.4) is 0 Å². The molecule has 0 spiro atoms. The first-order valence-electron chi connectivity index (χ1n) is 6.87. The fourth-order valence-corrected chi connectivity index (χ4v) is 2.69. The number of aliphatic carboxylic acids is 1. The van der Waals surface area contributed by atoms with Gasteiger partial charge in [-0.3, -0.25) is 4.79 Å². The fraction of sp³-hybridized carbons (Fsp3) is 0.562. The molecule has 3 N–H and O–H groups in total. The number of hydrogen-bond acceptors (Lipinski definition) is 2. The molecular formula is C16H25NO2. The van der Waals surface area contributed by atoms with E-state index in [2.05, 4.69) is 13.8 Å². The van der Waals surface area contributed by atoms with E-state index in [0.717, 1.165) is 12.0 Å². The van der Waals surface area contributed by atoms with Crippen LogP contribution in [0.25, 0.3) is 0 Å². The second kappa shape index (κ2) is 6.71.